The molecule has 0 saturated carbocycles. The minimum atomic E-state index is -0.652. The maximum atomic E-state index is 13.6. The van der Waals surface area contributed by atoms with Crippen molar-refractivity contribution in [3.05, 3.63) is 64.4 Å². The Hall–Kier alpha value is -2.40. The van der Waals surface area contributed by atoms with Gasteiger partial charge in [-0.2, -0.15) is 0 Å². The lowest BCUT2D eigenvalue weighted by atomic mass is 10.1. The van der Waals surface area contributed by atoms with Crippen molar-refractivity contribution in [2.45, 2.75) is 6.92 Å². The molecule has 1 N–H and O–H groups in total. The SMILES string of the molecule is CCOC(=O)c1ccc(Cl)c(NC(=O)c2ccccc2F)c1. The standard InChI is InChI=1S/C16H13ClFNO3/c1-2-22-16(21)10-7-8-12(17)14(9-10)19-15(20)11-5-3-4-6-13(11)18/h3-9H,2H2,1H3,(H,19,20). The zero-order chi connectivity index (χ0) is 16.1. The van der Waals surface area contributed by atoms with Crippen molar-refractivity contribution >= 4 is 29.2 Å². The summed E-state index contributed by atoms with van der Waals surface area (Å²) in [4.78, 5) is 23.7. The van der Waals surface area contributed by atoms with E-state index in [1.54, 1.807) is 13.0 Å². The molecule has 114 valence electrons. The Morgan fingerprint density at radius 2 is 1.95 bits per heavy atom. The van der Waals surface area contributed by atoms with Gasteiger partial charge in [-0.15, -0.1) is 0 Å². The summed E-state index contributed by atoms with van der Waals surface area (Å²) < 4.78 is 18.5. The van der Waals surface area contributed by atoms with E-state index in [9.17, 15) is 14.0 Å². The van der Waals surface area contributed by atoms with Gasteiger partial charge >= 0.3 is 5.97 Å². The van der Waals surface area contributed by atoms with Crippen LogP contribution in [0, 0.1) is 5.82 Å². The summed E-state index contributed by atoms with van der Waals surface area (Å²) in [6.45, 7) is 1.92. The van der Waals surface area contributed by atoms with E-state index in [2.05, 4.69) is 5.32 Å². The molecule has 4 nitrogen and oxygen atoms in total. The summed E-state index contributed by atoms with van der Waals surface area (Å²) in [6, 6.07) is 9.91. The van der Waals surface area contributed by atoms with Crippen molar-refractivity contribution in [1.29, 1.82) is 0 Å². The van der Waals surface area contributed by atoms with Crippen molar-refractivity contribution in [3.63, 3.8) is 0 Å². The third-order valence-electron chi connectivity index (χ3n) is 2.84. The van der Waals surface area contributed by atoms with Gasteiger partial charge < -0.3 is 10.1 Å². The van der Waals surface area contributed by atoms with Crippen LogP contribution in [0.4, 0.5) is 10.1 Å². The Bertz CT molecular complexity index is 718. The number of ether oxygens (including phenoxy) is 1. The number of benzene rings is 2. The van der Waals surface area contributed by atoms with Crippen LogP contribution >= 0.6 is 11.6 Å². The molecule has 0 aliphatic heterocycles. The predicted molar refractivity (Wildman–Crippen MR) is 81.8 cm³/mol. The molecule has 0 atom stereocenters. The summed E-state index contributed by atoms with van der Waals surface area (Å²) >= 11 is 5.99. The molecule has 1 amide bonds. The Balaban J connectivity index is 2.25. The second-order valence-corrected chi connectivity index (χ2v) is 4.76. The van der Waals surface area contributed by atoms with Gasteiger partial charge in [-0.1, -0.05) is 23.7 Å². The maximum absolute atomic E-state index is 13.6. The molecule has 0 heterocycles. The van der Waals surface area contributed by atoms with Crippen LogP contribution < -0.4 is 5.32 Å². The summed E-state index contributed by atoms with van der Waals surface area (Å²) in [5.74, 6) is -1.82. The summed E-state index contributed by atoms with van der Waals surface area (Å²) in [7, 11) is 0. The smallest absolute Gasteiger partial charge is 0.338 e. The minimum absolute atomic E-state index is 0.111. The molecule has 22 heavy (non-hydrogen) atoms. The summed E-state index contributed by atoms with van der Waals surface area (Å²) in [5, 5.41) is 2.72. The molecule has 2 rings (SSSR count). The highest BCUT2D eigenvalue weighted by molar-refractivity contribution is 6.34. The maximum Gasteiger partial charge on any atom is 0.338 e. The lowest BCUT2D eigenvalue weighted by Crippen LogP contribution is -2.14. The van der Waals surface area contributed by atoms with Crippen molar-refractivity contribution in [1.82, 2.24) is 0 Å². The van der Waals surface area contributed by atoms with Crippen LogP contribution in [0.5, 0.6) is 0 Å². The molecule has 6 heteroatoms. The van der Waals surface area contributed by atoms with Gasteiger partial charge in [0, 0.05) is 0 Å². The van der Waals surface area contributed by atoms with Gasteiger partial charge in [-0.3, -0.25) is 4.79 Å². The second-order valence-electron chi connectivity index (χ2n) is 4.35. The van der Waals surface area contributed by atoms with E-state index in [0.29, 0.717) is 0 Å². The Kier molecular flexibility index (Phi) is 5.12. The first kappa shape index (κ1) is 16.0. The third-order valence-corrected chi connectivity index (χ3v) is 3.17. The van der Waals surface area contributed by atoms with E-state index < -0.39 is 17.7 Å². The predicted octanol–water partition coefficient (Wildman–Crippen LogP) is 3.91. The summed E-state index contributed by atoms with van der Waals surface area (Å²) in [5.41, 5.74) is 0.343. The fourth-order valence-electron chi connectivity index (χ4n) is 1.80. The van der Waals surface area contributed by atoms with E-state index in [4.69, 9.17) is 16.3 Å². The van der Waals surface area contributed by atoms with Crippen molar-refractivity contribution in [2.24, 2.45) is 0 Å². The lowest BCUT2D eigenvalue weighted by Gasteiger charge is -2.10. The molecule has 2 aromatic carbocycles. The highest BCUT2D eigenvalue weighted by Gasteiger charge is 2.15. The van der Waals surface area contributed by atoms with Crippen LogP contribution in [0.3, 0.4) is 0 Å². The average Bonchev–Trinajstić information content (AvgIpc) is 2.50. The minimum Gasteiger partial charge on any atom is -0.462 e. The lowest BCUT2D eigenvalue weighted by molar-refractivity contribution is 0.0526. The first-order chi connectivity index (χ1) is 10.5. The number of halogens is 2. The zero-order valence-electron chi connectivity index (χ0n) is 11.7. The number of esters is 1. The zero-order valence-corrected chi connectivity index (χ0v) is 12.5. The third kappa shape index (κ3) is 3.62. The quantitative estimate of drug-likeness (QED) is 0.869. The monoisotopic (exact) mass is 321 g/mol. The van der Waals surface area contributed by atoms with Gasteiger partial charge in [-0.05, 0) is 37.3 Å². The van der Waals surface area contributed by atoms with E-state index in [1.165, 1.54) is 36.4 Å². The summed E-state index contributed by atoms with van der Waals surface area (Å²) in [6.07, 6.45) is 0. The molecule has 0 aromatic heterocycles. The van der Waals surface area contributed by atoms with Crippen molar-refractivity contribution in [3.8, 4) is 0 Å². The molecule has 0 aliphatic rings. The van der Waals surface area contributed by atoms with Crippen molar-refractivity contribution in [2.75, 3.05) is 11.9 Å². The van der Waals surface area contributed by atoms with Crippen LogP contribution in [0.1, 0.15) is 27.6 Å². The second kappa shape index (κ2) is 7.04. The van der Waals surface area contributed by atoms with Gasteiger partial charge in [0.25, 0.3) is 5.91 Å². The number of anilines is 1. The number of rotatable bonds is 4. The van der Waals surface area contributed by atoms with Crippen LogP contribution in [0.2, 0.25) is 5.02 Å². The molecule has 0 fully saturated rings. The number of hydrogen-bond acceptors (Lipinski definition) is 3. The van der Waals surface area contributed by atoms with Crippen LogP contribution in [0.15, 0.2) is 42.5 Å². The van der Waals surface area contributed by atoms with E-state index in [0.717, 1.165) is 0 Å². The molecule has 0 aliphatic carbocycles. The van der Waals surface area contributed by atoms with Gasteiger partial charge in [-0.25, -0.2) is 9.18 Å². The fourth-order valence-corrected chi connectivity index (χ4v) is 1.96. The largest absolute Gasteiger partial charge is 0.462 e. The normalized spacial score (nSPS) is 10.1. The highest BCUT2D eigenvalue weighted by Crippen LogP contribution is 2.24. The number of carbonyl (C=O) groups excluding carboxylic acids is 2. The Morgan fingerprint density at radius 1 is 1.23 bits per heavy atom. The van der Waals surface area contributed by atoms with E-state index >= 15 is 0 Å². The van der Waals surface area contributed by atoms with Crippen LogP contribution in [-0.2, 0) is 4.74 Å². The Morgan fingerprint density at radius 3 is 2.64 bits per heavy atom. The first-order valence-electron chi connectivity index (χ1n) is 6.55. The molecule has 0 unspecified atom stereocenters. The van der Waals surface area contributed by atoms with Crippen LogP contribution in [-0.4, -0.2) is 18.5 Å². The molecule has 0 radical (unpaired) electrons. The fraction of sp³-hybridized carbons (Fsp3) is 0.125. The number of amides is 1. The molecule has 0 spiro atoms. The van der Waals surface area contributed by atoms with Gasteiger partial charge in [0.2, 0.25) is 0 Å². The van der Waals surface area contributed by atoms with Gasteiger partial charge in [0.05, 0.1) is 28.4 Å². The van der Waals surface area contributed by atoms with Crippen LogP contribution in [0.25, 0.3) is 0 Å². The molecular weight excluding hydrogens is 309 g/mol. The van der Waals surface area contributed by atoms with E-state index in [-0.39, 0.29) is 28.4 Å². The molecule has 0 bridgehead atoms. The first-order valence-corrected chi connectivity index (χ1v) is 6.93. The van der Waals surface area contributed by atoms with E-state index in [1.807, 2.05) is 0 Å². The molecule has 0 saturated heterocycles. The van der Waals surface area contributed by atoms with Crippen molar-refractivity contribution < 1.29 is 18.7 Å². The van der Waals surface area contributed by atoms with Gasteiger partial charge in [0.15, 0.2) is 0 Å². The number of carbonyl (C=O) groups is 2. The molecule has 2 aromatic rings. The molecular formula is C16H13ClFNO3. The topological polar surface area (TPSA) is 55.4 Å². The number of hydrogen-bond donors (Lipinski definition) is 1. The average molecular weight is 322 g/mol. The number of nitrogens with one attached hydrogen (secondary N) is 1. The van der Waals surface area contributed by atoms with Gasteiger partial charge in [0.1, 0.15) is 5.82 Å². The highest BCUT2D eigenvalue weighted by atomic mass is 35.5. The Labute approximate surface area is 131 Å².